The summed E-state index contributed by atoms with van der Waals surface area (Å²) in [6.07, 6.45) is 3.55. The van der Waals surface area contributed by atoms with Gasteiger partial charge in [0.05, 0.1) is 7.11 Å². The Morgan fingerprint density at radius 1 is 1.47 bits per heavy atom. The van der Waals surface area contributed by atoms with Gasteiger partial charge in [-0.25, -0.2) is 0 Å². The fourth-order valence-corrected chi connectivity index (χ4v) is 3.20. The van der Waals surface area contributed by atoms with Crippen LogP contribution >= 0.6 is 11.8 Å². The molecule has 1 aromatic rings. The summed E-state index contributed by atoms with van der Waals surface area (Å²) in [6.45, 7) is 3.54. The molecule has 0 saturated carbocycles. The van der Waals surface area contributed by atoms with Crippen molar-refractivity contribution in [3.8, 4) is 5.75 Å². The molecular weight excluding hydrogens is 230 g/mol. The molecule has 1 saturated heterocycles. The molecule has 17 heavy (non-hydrogen) atoms. The topological polar surface area (TPSA) is 12.5 Å². The first-order chi connectivity index (χ1) is 8.31. The van der Waals surface area contributed by atoms with Gasteiger partial charge in [-0.15, -0.1) is 0 Å². The van der Waals surface area contributed by atoms with Gasteiger partial charge in [-0.1, -0.05) is 12.1 Å². The molecule has 0 spiro atoms. The maximum Gasteiger partial charge on any atom is 0.119 e. The second-order valence-corrected chi connectivity index (χ2v) is 5.61. The minimum atomic E-state index is 0.885. The number of hydrogen-bond acceptors (Lipinski definition) is 3. The smallest absolute Gasteiger partial charge is 0.119 e. The molecule has 94 valence electrons. The Morgan fingerprint density at radius 2 is 2.35 bits per heavy atom. The van der Waals surface area contributed by atoms with Crippen LogP contribution in [0.2, 0.25) is 0 Å². The third kappa shape index (κ3) is 3.65. The number of methoxy groups -OCH3 is 1. The van der Waals surface area contributed by atoms with Crippen molar-refractivity contribution in [3.63, 3.8) is 0 Å². The predicted octanol–water partition coefficient (Wildman–Crippen LogP) is 2.88. The monoisotopic (exact) mass is 251 g/mol. The number of rotatable bonds is 5. The van der Waals surface area contributed by atoms with Gasteiger partial charge in [0.25, 0.3) is 0 Å². The van der Waals surface area contributed by atoms with Gasteiger partial charge >= 0.3 is 0 Å². The molecule has 1 aromatic carbocycles. The van der Waals surface area contributed by atoms with Gasteiger partial charge < -0.3 is 4.74 Å². The van der Waals surface area contributed by atoms with Crippen LogP contribution in [-0.2, 0) is 6.54 Å². The lowest BCUT2D eigenvalue weighted by molar-refractivity contribution is 0.320. The van der Waals surface area contributed by atoms with E-state index in [0.717, 1.165) is 18.2 Å². The Kier molecular flexibility index (Phi) is 4.75. The van der Waals surface area contributed by atoms with Crippen LogP contribution in [0.4, 0.5) is 0 Å². The first kappa shape index (κ1) is 12.8. The first-order valence-electron chi connectivity index (χ1n) is 6.16. The van der Waals surface area contributed by atoms with Gasteiger partial charge in [0, 0.05) is 13.1 Å². The molecule has 0 aliphatic carbocycles. The number of hydrogen-bond donors (Lipinski definition) is 0. The molecule has 0 radical (unpaired) electrons. The molecule has 0 unspecified atom stereocenters. The highest BCUT2D eigenvalue weighted by Crippen LogP contribution is 2.22. The summed E-state index contributed by atoms with van der Waals surface area (Å²) >= 11 is 1.97. The molecule has 2 rings (SSSR count). The lowest BCUT2D eigenvalue weighted by Gasteiger charge is -2.16. The van der Waals surface area contributed by atoms with Crippen molar-refractivity contribution in [3.05, 3.63) is 29.8 Å². The Labute approximate surface area is 108 Å². The third-order valence-electron chi connectivity index (χ3n) is 3.31. The molecule has 3 heteroatoms. The van der Waals surface area contributed by atoms with Crippen LogP contribution in [0.25, 0.3) is 0 Å². The van der Waals surface area contributed by atoms with Gasteiger partial charge in [-0.2, -0.15) is 11.8 Å². The van der Waals surface area contributed by atoms with Gasteiger partial charge in [0.15, 0.2) is 0 Å². The molecule has 1 aliphatic rings. The van der Waals surface area contributed by atoms with E-state index in [0.29, 0.717) is 0 Å². The van der Waals surface area contributed by atoms with Gasteiger partial charge in [0.2, 0.25) is 0 Å². The van der Waals surface area contributed by atoms with Crippen LogP contribution in [0, 0.1) is 5.92 Å². The molecule has 1 heterocycles. The van der Waals surface area contributed by atoms with Crippen LogP contribution in [0.15, 0.2) is 24.3 Å². The zero-order valence-electron chi connectivity index (χ0n) is 10.7. The summed E-state index contributed by atoms with van der Waals surface area (Å²) in [5.41, 5.74) is 1.36. The fraction of sp³-hybridized carbons (Fsp3) is 0.571. The van der Waals surface area contributed by atoms with E-state index in [-0.39, 0.29) is 0 Å². The minimum absolute atomic E-state index is 0.885. The molecule has 0 amide bonds. The van der Waals surface area contributed by atoms with E-state index in [9.17, 15) is 0 Å². The Balaban J connectivity index is 1.88. The Morgan fingerprint density at radius 3 is 3.12 bits per heavy atom. The van der Waals surface area contributed by atoms with E-state index in [1.54, 1.807) is 7.11 Å². The van der Waals surface area contributed by atoms with Crippen molar-refractivity contribution >= 4 is 11.8 Å². The standard InChI is InChI=1S/C14H21NOS/c1-16-14-5-3-4-12(8-14)9-15-7-6-13(10-15)11-17-2/h3-5,8,13H,6-7,9-11H2,1-2H3/t13-/m1/s1. The third-order valence-corrected chi connectivity index (χ3v) is 4.12. The molecule has 1 fully saturated rings. The molecular formula is C14H21NOS. The fourth-order valence-electron chi connectivity index (χ4n) is 2.46. The quantitative estimate of drug-likeness (QED) is 0.798. The summed E-state index contributed by atoms with van der Waals surface area (Å²) in [7, 11) is 1.73. The van der Waals surface area contributed by atoms with Gasteiger partial charge in [0.1, 0.15) is 5.75 Å². The highest BCUT2D eigenvalue weighted by atomic mass is 32.2. The molecule has 2 nitrogen and oxygen atoms in total. The number of thioether (sulfide) groups is 1. The predicted molar refractivity (Wildman–Crippen MR) is 74.8 cm³/mol. The maximum atomic E-state index is 5.26. The molecule has 0 aromatic heterocycles. The SMILES string of the molecule is COc1cccc(CN2CC[C@@H](CSC)C2)c1. The largest absolute Gasteiger partial charge is 0.497 e. The summed E-state index contributed by atoms with van der Waals surface area (Å²) in [5, 5.41) is 0. The van der Waals surface area contributed by atoms with E-state index in [1.807, 2.05) is 17.8 Å². The lowest BCUT2D eigenvalue weighted by Crippen LogP contribution is -2.20. The Bertz CT molecular complexity index is 356. The number of benzene rings is 1. The molecule has 1 aliphatic heterocycles. The zero-order valence-corrected chi connectivity index (χ0v) is 11.5. The van der Waals surface area contributed by atoms with Crippen LogP contribution < -0.4 is 4.74 Å². The average molecular weight is 251 g/mol. The second kappa shape index (κ2) is 6.31. The summed E-state index contributed by atoms with van der Waals surface area (Å²) < 4.78 is 5.26. The van der Waals surface area contributed by atoms with Crippen LogP contribution in [0.3, 0.4) is 0 Å². The first-order valence-corrected chi connectivity index (χ1v) is 7.55. The molecule has 1 atom stereocenters. The summed E-state index contributed by atoms with van der Waals surface area (Å²) in [6, 6.07) is 8.40. The highest BCUT2D eigenvalue weighted by Gasteiger charge is 2.21. The van der Waals surface area contributed by atoms with Gasteiger partial charge in [-0.3, -0.25) is 4.90 Å². The van der Waals surface area contributed by atoms with Crippen molar-refractivity contribution in [1.29, 1.82) is 0 Å². The van der Waals surface area contributed by atoms with E-state index in [4.69, 9.17) is 4.74 Å². The second-order valence-electron chi connectivity index (χ2n) is 4.70. The van der Waals surface area contributed by atoms with E-state index in [1.165, 1.54) is 30.8 Å². The van der Waals surface area contributed by atoms with Crippen molar-refractivity contribution in [2.45, 2.75) is 13.0 Å². The maximum absolute atomic E-state index is 5.26. The number of ether oxygens (including phenoxy) is 1. The van der Waals surface area contributed by atoms with Crippen molar-refractivity contribution in [1.82, 2.24) is 4.90 Å². The van der Waals surface area contributed by atoms with Crippen LogP contribution in [-0.4, -0.2) is 37.1 Å². The van der Waals surface area contributed by atoms with Crippen molar-refractivity contribution in [2.75, 3.05) is 32.2 Å². The van der Waals surface area contributed by atoms with Gasteiger partial charge in [-0.05, 0) is 48.6 Å². The normalized spacial score (nSPS) is 20.7. The van der Waals surface area contributed by atoms with E-state index < -0.39 is 0 Å². The number of nitrogens with zero attached hydrogens (tertiary/aromatic N) is 1. The molecule has 0 bridgehead atoms. The number of likely N-dealkylation sites (tertiary alicyclic amines) is 1. The highest BCUT2D eigenvalue weighted by molar-refractivity contribution is 7.98. The van der Waals surface area contributed by atoms with E-state index in [2.05, 4.69) is 29.4 Å². The van der Waals surface area contributed by atoms with Crippen LogP contribution in [0.5, 0.6) is 5.75 Å². The average Bonchev–Trinajstić information content (AvgIpc) is 2.77. The molecule has 0 N–H and O–H groups in total. The van der Waals surface area contributed by atoms with Crippen LogP contribution in [0.1, 0.15) is 12.0 Å². The van der Waals surface area contributed by atoms with Crippen molar-refractivity contribution < 1.29 is 4.74 Å². The summed E-state index contributed by atoms with van der Waals surface area (Å²) in [4.78, 5) is 2.55. The van der Waals surface area contributed by atoms with Crippen molar-refractivity contribution in [2.24, 2.45) is 5.92 Å². The van der Waals surface area contributed by atoms with E-state index >= 15 is 0 Å². The zero-order chi connectivity index (χ0) is 12.1. The summed E-state index contributed by atoms with van der Waals surface area (Å²) in [5.74, 6) is 3.15. The lowest BCUT2D eigenvalue weighted by atomic mass is 10.1. The minimum Gasteiger partial charge on any atom is -0.497 e. The Hall–Kier alpha value is -0.670.